The van der Waals surface area contributed by atoms with Crippen molar-refractivity contribution < 1.29 is 4.79 Å². The number of hydrogen-bond donors (Lipinski definition) is 2. The van der Waals surface area contributed by atoms with Gasteiger partial charge in [-0.05, 0) is 44.2 Å². The van der Waals surface area contributed by atoms with E-state index in [0.717, 1.165) is 50.0 Å². The summed E-state index contributed by atoms with van der Waals surface area (Å²) >= 11 is 0. The van der Waals surface area contributed by atoms with E-state index < -0.39 is 0 Å². The van der Waals surface area contributed by atoms with Crippen LogP contribution in [0.4, 0.5) is 10.5 Å². The number of anilines is 1. The van der Waals surface area contributed by atoms with Gasteiger partial charge in [0.2, 0.25) is 0 Å². The molecule has 0 spiro atoms. The Kier molecular flexibility index (Phi) is 4.24. The number of aromatic nitrogens is 1. The number of hydrogen-bond acceptors (Lipinski definition) is 3. The number of fused-ring (bicyclic) bond motifs is 1. The van der Waals surface area contributed by atoms with E-state index in [2.05, 4.69) is 47.6 Å². The fourth-order valence-electron chi connectivity index (χ4n) is 3.86. The molecule has 1 aromatic carbocycles. The van der Waals surface area contributed by atoms with Crippen molar-refractivity contribution in [2.24, 2.45) is 0 Å². The summed E-state index contributed by atoms with van der Waals surface area (Å²) in [5, 5.41) is 7.38. The molecule has 1 saturated heterocycles. The second kappa shape index (κ2) is 6.54. The summed E-state index contributed by atoms with van der Waals surface area (Å²) in [4.78, 5) is 19.2. The van der Waals surface area contributed by atoms with Crippen molar-refractivity contribution in [2.75, 3.05) is 18.0 Å². The molecule has 2 amide bonds. The molecular weight excluding hydrogens is 312 g/mol. The van der Waals surface area contributed by atoms with Crippen LogP contribution in [0.25, 0.3) is 10.9 Å². The molecule has 1 aliphatic carbocycles. The smallest absolute Gasteiger partial charge is 0.315 e. The Morgan fingerprint density at radius 2 is 1.96 bits per heavy atom. The van der Waals surface area contributed by atoms with Crippen molar-refractivity contribution in [3.05, 3.63) is 35.5 Å². The summed E-state index contributed by atoms with van der Waals surface area (Å²) in [6.07, 6.45) is 4.19. The topological polar surface area (TPSA) is 57.3 Å². The minimum Gasteiger partial charge on any atom is -0.369 e. The molecule has 0 bridgehead atoms. The van der Waals surface area contributed by atoms with Crippen molar-refractivity contribution in [3.8, 4) is 0 Å². The third-order valence-corrected chi connectivity index (χ3v) is 5.28. The van der Waals surface area contributed by atoms with E-state index in [-0.39, 0.29) is 12.1 Å². The molecule has 1 aliphatic heterocycles. The fraction of sp³-hybridized carbons (Fsp3) is 0.500. The van der Waals surface area contributed by atoms with Gasteiger partial charge in [0.05, 0.1) is 11.2 Å². The molecule has 5 heteroatoms. The third kappa shape index (κ3) is 3.28. The first-order valence-electron chi connectivity index (χ1n) is 9.36. The molecule has 2 heterocycles. The molecule has 25 heavy (non-hydrogen) atoms. The normalized spacial score (nSPS) is 20.1. The zero-order valence-corrected chi connectivity index (χ0v) is 15.0. The molecule has 1 saturated carbocycles. The molecule has 2 aliphatic rings. The summed E-state index contributed by atoms with van der Waals surface area (Å²) in [6, 6.07) is 8.96. The van der Waals surface area contributed by atoms with Crippen LogP contribution >= 0.6 is 0 Å². The molecule has 132 valence electrons. The number of nitrogens with zero attached hydrogens (tertiary/aromatic N) is 2. The van der Waals surface area contributed by atoms with Gasteiger partial charge in [0.1, 0.15) is 0 Å². The Morgan fingerprint density at radius 1 is 1.20 bits per heavy atom. The highest BCUT2D eigenvalue weighted by atomic mass is 16.2. The van der Waals surface area contributed by atoms with Gasteiger partial charge in [-0.1, -0.05) is 25.1 Å². The molecular formula is C20H26N4O. The molecule has 4 rings (SSSR count). The lowest BCUT2D eigenvalue weighted by Gasteiger charge is -2.25. The highest BCUT2D eigenvalue weighted by molar-refractivity contribution is 5.94. The maximum atomic E-state index is 12.0. The number of carbonyl (C=O) groups is 1. The van der Waals surface area contributed by atoms with Gasteiger partial charge in [0.15, 0.2) is 0 Å². The molecule has 1 atom stereocenters. The van der Waals surface area contributed by atoms with Crippen LogP contribution < -0.4 is 15.5 Å². The van der Waals surface area contributed by atoms with Crippen LogP contribution in [-0.2, 0) is 6.42 Å². The minimum atomic E-state index is -0.0131. The second-order valence-corrected chi connectivity index (χ2v) is 7.22. The standard InChI is InChI=1S/C20H26N4O/c1-3-16-13(2)21-18-7-5-4-6-17(18)19(16)24-11-10-15(12-24)23-20(25)22-14-8-9-14/h4-7,14-15H,3,8-12H2,1-2H3,(H2,22,23,25). The summed E-state index contributed by atoms with van der Waals surface area (Å²) in [7, 11) is 0. The molecule has 1 aromatic heterocycles. The van der Waals surface area contributed by atoms with Gasteiger partial charge in [0.25, 0.3) is 0 Å². The van der Waals surface area contributed by atoms with Gasteiger partial charge in [0, 0.05) is 36.3 Å². The van der Waals surface area contributed by atoms with Crippen LogP contribution in [0.1, 0.15) is 37.4 Å². The van der Waals surface area contributed by atoms with E-state index in [1.807, 2.05) is 6.07 Å². The third-order valence-electron chi connectivity index (χ3n) is 5.28. The first-order valence-corrected chi connectivity index (χ1v) is 9.36. The Labute approximate surface area is 148 Å². The van der Waals surface area contributed by atoms with Crippen LogP contribution in [-0.4, -0.2) is 36.2 Å². The van der Waals surface area contributed by atoms with Gasteiger partial charge in [-0.2, -0.15) is 0 Å². The largest absolute Gasteiger partial charge is 0.369 e. The Hall–Kier alpha value is -2.30. The Balaban J connectivity index is 1.58. The number of urea groups is 1. The number of para-hydroxylation sites is 1. The highest BCUT2D eigenvalue weighted by Crippen LogP contribution is 2.34. The average molecular weight is 338 g/mol. The van der Waals surface area contributed by atoms with E-state index in [0.29, 0.717) is 6.04 Å². The number of pyridine rings is 1. The first-order chi connectivity index (χ1) is 12.2. The summed E-state index contributed by atoms with van der Waals surface area (Å²) in [5.74, 6) is 0. The number of aryl methyl sites for hydroxylation is 1. The van der Waals surface area contributed by atoms with Crippen molar-refractivity contribution in [3.63, 3.8) is 0 Å². The number of nitrogens with one attached hydrogen (secondary N) is 2. The number of carbonyl (C=O) groups excluding carboxylic acids is 1. The van der Waals surface area contributed by atoms with Crippen LogP contribution in [0.5, 0.6) is 0 Å². The summed E-state index contributed by atoms with van der Waals surface area (Å²) < 4.78 is 0. The second-order valence-electron chi connectivity index (χ2n) is 7.22. The van der Waals surface area contributed by atoms with Gasteiger partial charge in [-0.15, -0.1) is 0 Å². The van der Waals surface area contributed by atoms with Crippen LogP contribution in [0.2, 0.25) is 0 Å². The average Bonchev–Trinajstić information content (AvgIpc) is 3.29. The van der Waals surface area contributed by atoms with Gasteiger partial charge < -0.3 is 15.5 Å². The zero-order valence-electron chi connectivity index (χ0n) is 15.0. The van der Waals surface area contributed by atoms with Gasteiger partial charge >= 0.3 is 6.03 Å². The van der Waals surface area contributed by atoms with Crippen molar-refractivity contribution in [2.45, 2.75) is 51.6 Å². The molecule has 1 unspecified atom stereocenters. The lowest BCUT2D eigenvalue weighted by molar-refractivity contribution is 0.237. The predicted molar refractivity (Wildman–Crippen MR) is 101 cm³/mol. The van der Waals surface area contributed by atoms with E-state index in [4.69, 9.17) is 4.98 Å². The number of benzene rings is 1. The summed E-state index contributed by atoms with van der Waals surface area (Å²) in [5.41, 5.74) is 4.79. The Morgan fingerprint density at radius 3 is 2.72 bits per heavy atom. The van der Waals surface area contributed by atoms with Crippen LogP contribution in [0.3, 0.4) is 0 Å². The van der Waals surface area contributed by atoms with E-state index in [1.165, 1.54) is 16.6 Å². The van der Waals surface area contributed by atoms with Crippen LogP contribution in [0, 0.1) is 6.92 Å². The molecule has 2 fully saturated rings. The molecule has 2 aromatic rings. The van der Waals surface area contributed by atoms with E-state index >= 15 is 0 Å². The van der Waals surface area contributed by atoms with Crippen molar-refractivity contribution >= 4 is 22.6 Å². The van der Waals surface area contributed by atoms with Crippen molar-refractivity contribution in [1.29, 1.82) is 0 Å². The highest BCUT2D eigenvalue weighted by Gasteiger charge is 2.29. The van der Waals surface area contributed by atoms with Gasteiger partial charge in [-0.25, -0.2) is 4.79 Å². The van der Waals surface area contributed by atoms with E-state index in [1.54, 1.807) is 0 Å². The van der Waals surface area contributed by atoms with Crippen molar-refractivity contribution in [1.82, 2.24) is 15.6 Å². The lowest BCUT2D eigenvalue weighted by atomic mass is 10.0. The Bertz CT molecular complexity index is 800. The molecule has 2 N–H and O–H groups in total. The number of amides is 2. The maximum absolute atomic E-state index is 12.0. The monoisotopic (exact) mass is 338 g/mol. The van der Waals surface area contributed by atoms with Crippen LogP contribution in [0.15, 0.2) is 24.3 Å². The number of rotatable bonds is 4. The van der Waals surface area contributed by atoms with E-state index in [9.17, 15) is 4.79 Å². The maximum Gasteiger partial charge on any atom is 0.315 e. The zero-order chi connectivity index (χ0) is 17.4. The quantitative estimate of drug-likeness (QED) is 0.900. The lowest BCUT2D eigenvalue weighted by Crippen LogP contribution is -2.44. The summed E-state index contributed by atoms with van der Waals surface area (Å²) in [6.45, 7) is 6.12. The molecule has 0 radical (unpaired) electrons. The predicted octanol–water partition coefficient (Wildman–Crippen LogP) is 3.15. The van der Waals surface area contributed by atoms with Gasteiger partial charge in [-0.3, -0.25) is 4.98 Å². The fourth-order valence-corrected chi connectivity index (χ4v) is 3.86. The first kappa shape index (κ1) is 16.2. The minimum absolute atomic E-state index is 0.0131. The molecule has 5 nitrogen and oxygen atoms in total. The SMILES string of the molecule is CCc1c(C)nc2ccccc2c1N1CCC(NC(=O)NC2CC2)C1.